The number of benzene rings is 2. The Morgan fingerprint density at radius 1 is 1.17 bits per heavy atom. The fourth-order valence-electron chi connectivity index (χ4n) is 4.19. The third kappa shape index (κ3) is 6.17. The van der Waals surface area contributed by atoms with E-state index in [0.717, 1.165) is 11.3 Å². The Hall–Kier alpha value is -3.53. The molecule has 0 aromatic heterocycles. The third-order valence-electron chi connectivity index (χ3n) is 6.08. The number of cyclic esters (lactones) is 1. The van der Waals surface area contributed by atoms with Crippen LogP contribution in [0.3, 0.4) is 0 Å². The zero-order valence-electron chi connectivity index (χ0n) is 20.9. The summed E-state index contributed by atoms with van der Waals surface area (Å²) >= 11 is 3.93. The monoisotopic (exact) mass is 514 g/mol. The molecule has 0 atom stereocenters. The molecule has 2 aromatic carbocycles. The standard InChI is InChI=1S/C26H31N3O6S/c1-5-26(6-2)22-16-20(10-11-23(22)28-25(32)34-26)33-14-8-7-13-29(35-36)24-12-9-19(27-18(4)31)15-21(24)17(3)30/h9-13,15-16H,5-8,14H2,1-4H3,(H2-,27,28,31,32,36)/p+1. The molecule has 0 saturated heterocycles. The lowest BCUT2D eigenvalue weighted by Gasteiger charge is -2.37. The van der Waals surface area contributed by atoms with E-state index in [0.29, 0.717) is 55.0 Å². The molecule has 0 bridgehead atoms. The van der Waals surface area contributed by atoms with Gasteiger partial charge in [0.1, 0.15) is 24.3 Å². The number of unbranched alkanes of at least 4 members (excludes halogenated alkanes) is 1. The highest BCUT2D eigenvalue weighted by atomic mass is 32.1. The molecule has 10 heteroatoms. The normalized spacial score (nSPS) is 14.2. The second-order valence-electron chi connectivity index (χ2n) is 8.47. The third-order valence-corrected chi connectivity index (χ3v) is 6.26. The molecule has 0 saturated carbocycles. The Balaban J connectivity index is 1.66. The van der Waals surface area contributed by atoms with E-state index < -0.39 is 11.7 Å². The zero-order chi connectivity index (χ0) is 26.3. The van der Waals surface area contributed by atoms with Crippen LogP contribution in [0.25, 0.3) is 0 Å². The van der Waals surface area contributed by atoms with Gasteiger partial charge in [0.15, 0.2) is 5.78 Å². The van der Waals surface area contributed by atoms with E-state index in [4.69, 9.17) is 13.8 Å². The second kappa shape index (κ2) is 11.9. The number of carbonyl (C=O) groups is 3. The summed E-state index contributed by atoms with van der Waals surface area (Å²) in [6.07, 6.45) is 3.91. The van der Waals surface area contributed by atoms with Crippen LogP contribution < -0.4 is 15.4 Å². The summed E-state index contributed by atoms with van der Waals surface area (Å²) in [7, 11) is 0. The molecule has 2 N–H and O–H groups in total. The van der Waals surface area contributed by atoms with Gasteiger partial charge in [0.25, 0.3) is 5.69 Å². The number of fused-ring (bicyclic) bond motifs is 1. The largest absolute Gasteiger partial charge is 0.494 e. The molecule has 0 radical (unpaired) electrons. The molecular weight excluding hydrogens is 482 g/mol. The Bertz CT molecular complexity index is 1180. The van der Waals surface area contributed by atoms with Crippen molar-refractivity contribution in [2.24, 2.45) is 0 Å². The van der Waals surface area contributed by atoms with Gasteiger partial charge in [0.05, 0.1) is 17.9 Å². The lowest BCUT2D eigenvalue weighted by Crippen LogP contribution is -2.38. The number of nitrogens with zero attached hydrogens (tertiary/aromatic N) is 1. The van der Waals surface area contributed by atoms with Crippen molar-refractivity contribution in [2.45, 2.75) is 59.0 Å². The first-order valence-electron chi connectivity index (χ1n) is 11.9. The summed E-state index contributed by atoms with van der Waals surface area (Å²) in [5.41, 5.74) is 2.41. The van der Waals surface area contributed by atoms with Crippen LogP contribution in [0.4, 0.5) is 21.9 Å². The zero-order valence-corrected chi connectivity index (χ0v) is 21.8. The van der Waals surface area contributed by atoms with Gasteiger partial charge < -0.3 is 14.8 Å². The van der Waals surface area contributed by atoms with Gasteiger partial charge in [0.2, 0.25) is 12.1 Å². The van der Waals surface area contributed by atoms with Crippen LogP contribution in [-0.4, -0.2) is 35.3 Å². The van der Waals surface area contributed by atoms with Gasteiger partial charge in [-0.15, -0.1) is 0 Å². The minimum Gasteiger partial charge on any atom is -0.494 e. The average Bonchev–Trinajstić information content (AvgIpc) is 2.85. The topological polar surface area (TPSA) is 106 Å². The number of rotatable bonds is 11. The van der Waals surface area contributed by atoms with Gasteiger partial charge in [-0.2, -0.15) is 4.28 Å². The maximum atomic E-state index is 12.2. The van der Waals surface area contributed by atoms with E-state index in [2.05, 4.69) is 23.5 Å². The molecule has 1 heterocycles. The number of thiol groups is 1. The van der Waals surface area contributed by atoms with E-state index in [-0.39, 0.29) is 11.7 Å². The molecule has 9 nitrogen and oxygen atoms in total. The molecule has 36 heavy (non-hydrogen) atoms. The predicted octanol–water partition coefficient (Wildman–Crippen LogP) is 5.78. The molecule has 0 spiro atoms. The average molecular weight is 515 g/mol. The van der Waals surface area contributed by atoms with Crippen molar-refractivity contribution in [3.8, 4) is 5.75 Å². The van der Waals surface area contributed by atoms with Gasteiger partial charge in [-0.1, -0.05) is 13.8 Å². The first-order valence-corrected chi connectivity index (χ1v) is 12.2. The molecule has 2 aromatic rings. The summed E-state index contributed by atoms with van der Waals surface area (Å²) in [6.45, 7) is 7.28. The number of carbonyl (C=O) groups excluding carboxylic acids is 3. The van der Waals surface area contributed by atoms with Gasteiger partial charge in [-0.3, -0.25) is 14.9 Å². The fourth-order valence-corrected chi connectivity index (χ4v) is 4.35. The van der Waals surface area contributed by atoms with Crippen molar-refractivity contribution in [1.29, 1.82) is 0 Å². The highest BCUT2D eigenvalue weighted by molar-refractivity contribution is 7.74. The molecule has 1 aliphatic heterocycles. The Kier molecular flexibility index (Phi) is 8.98. The maximum absolute atomic E-state index is 12.2. The van der Waals surface area contributed by atoms with Crippen molar-refractivity contribution >= 4 is 54.0 Å². The molecule has 1 aliphatic rings. The number of Topliss-reactive ketones (excluding diaryl/α,β-unsaturated/α-hetero) is 1. The molecule has 0 unspecified atom stereocenters. The Morgan fingerprint density at radius 2 is 1.92 bits per heavy atom. The van der Waals surface area contributed by atoms with Crippen LogP contribution in [-0.2, 0) is 19.4 Å². The molecular formula is C26H32N3O6S+. The molecule has 192 valence electrons. The summed E-state index contributed by atoms with van der Waals surface area (Å²) in [4.78, 5) is 35.5. The number of amides is 2. The summed E-state index contributed by atoms with van der Waals surface area (Å²) in [5, 5.41) is 5.42. The van der Waals surface area contributed by atoms with Crippen LogP contribution in [0.2, 0.25) is 0 Å². The van der Waals surface area contributed by atoms with Gasteiger partial charge in [0, 0.05) is 35.4 Å². The number of ether oxygens (including phenoxy) is 2. The molecule has 0 aliphatic carbocycles. The van der Waals surface area contributed by atoms with Crippen molar-refractivity contribution < 1.29 is 32.9 Å². The summed E-state index contributed by atoms with van der Waals surface area (Å²) in [6, 6.07) is 10.6. The minimum atomic E-state index is -0.668. The lowest BCUT2D eigenvalue weighted by molar-refractivity contribution is -0.672. The van der Waals surface area contributed by atoms with Crippen LogP contribution in [0.1, 0.15) is 69.3 Å². The van der Waals surface area contributed by atoms with Crippen LogP contribution in [0.15, 0.2) is 36.4 Å². The first-order chi connectivity index (χ1) is 17.2. The van der Waals surface area contributed by atoms with Gasteiger partial charge in [-0.05, 0) is 56.5 Å². The minimum absolute atomic E-state index is 0.174. The van der Waals surface area contributed by atoms with Crippen molar-refractivity contribution in [1.82, 2.24) is 0 Å². The molecule has 0 fully saturated rings. The SMILES string of the molecule is CCC1(CC)OC(=O)Nc2ccc(OCCCC=[N+](OS)c3ccc(NC(C)=O)cc3C(C)=O)cc21. The molecule has 2 amide bonds. The van der Waals surface area contributed by atoms with Crippen LogP contribution in [0.5, 0.6) is 5.75 Å². The highest BCUT2D eigenvalue weighted by Crippen LogP contribution is 2.42. The predicted molar refractivity (Wildman–Crippen MR) is 140 cm³/mol. The van der Waals surface area contributed by atoms with Crippen molar-refractivity contribution in [3.05, 3.63) is 47.5 Å². The Morgan fingerprint density at radius 3 is 2.56 bits per heavy atom. The molecule has 3 rings (SSSR count). The van der Waals surface area contributed by atoms with E-state index in [1.807, 2.05) is 32.0 Å². The number of nitrogens with one attached hydrogen (secondary N) is 2. The number of ketones is 1. The second-order valence-corrected chi connectivity index (χ2v) is 8.64. The van der Waals surface area contributed by atoms with E-state index in [1.54, 1.807) is 24.4 Å². The summed E-state index contributed by atoms with van der Waals surface area (Å²) in [5.74, 6) is 0.291. The van der Waals surface area contributed by atoms with Crippen LogP contribution in [0, 0.1) is 0 Å². The number of hydrogen-bond acceptors (Lipinski definition) is 7. The van der Waals surface area contributed by atoms with E-state index in [9.17, 15) is 14.4 Å². The van der Waals surface area contributed by atoms with Gasteiger partial charge >= 0.3 is 6.09 Å². The highest BCUT2D eigenvalue weighted by Gasteiger charge is 2.39. The lowest BCUT2D eigenvalue weighted by atomic mass is 9.86. The van der Waals surface area contributed by atoms with E-state index in [1.165, 1.54) is 18.6 Å². The summed E-state index contributed by atoms with van der Waals surface area (Å²) < 4.78 is 18.2. The first kappa shape index (κ1) is 27.1. The van der Waals surface area contributed by atoms with Gasteiger partial charge in [-0.25, -0.2) is 4.79 Å². The van der Waals surface area contributed by atoms with Crippen molar-refractivity contribution in [3.63, 3.8) is 0 Å². The number of anilines is 2. The maximum Gasteiger partial charge on any atom is 0.412 e. The van der Waals surface area contributed by atoms with E-state index >= 15 is 0 Å². The Labute approximate surface area is 216 Å². The smallest absolute Gasteiger partial charge is 0.412 e. The number of hydrogen-bond donors (Lipinski definition) is 3. The fraction of sp³-hybridized carbons (Fsp3) is 0.385. The van der Waals surface area contributed by atoms with Crippen LogP contribution >= 0.6 is 12.9 Å². The van der Waals surface area contributed by atoms with Crippen molar-refractivity contribution in [2.75, 3.05) is 17.2 Å². The quantitative estimate of drug-likeness (QED) is 0.0668.